The molecule has 14 heteroatoms. The topological polar surface area (TPSA) is 152 Å². The van der Waals surface area contributed by atoms with E-state index in [0.717, 1.165) is 37.6 Å². The van der Waals surface area contributed by atoms with Crippen molar-refractivity contribution in [3.05, 3.63) is 88.1 Å². The van der Waals surface area contributed by atoms with Gasteiger partial charge in [-0.25, -0.2) is 24.9 Å². The van der Waals surface area contributed by atoms with Crippen LogP contribution < -0.4 is 21.4 Å². The standard InChI is InChI=1S/C32H28F3N9O2/c1-46-30-25(26(18-6-7-18)39-16-40-30)27-38-13-20-10-23(21(11-36)12-37)31(45)44(29(20)42-27)14-17-2-4-19(5-3-17)28-41-24(32(33,34)35)15-43(28)22-8-9-22/h2-5,10-13,15-16,18,22,36H,6-9,14,37H2,1H3/p+1/b21-12+,36-11?. The molecule has 7 rings (SSSR count). The first kappa shape index (κ1) is 29.3. The summed E-state index contributed by atoms with van der Waals surface area (Å²) in [5, 5.41) is 6.35. The fourth-order valence-corrected chi connectivity index (χ4v) is 5.60. The third kappa shape index (κ3) is 5.29. The maximum Gasteiger partial charge on any atom is 0.434 e. The van der Waals surface area contributed by atoms with Crippen LogP contribution in [0.25, 0.3) is 39.4 Å². The average Bonchev–Trinajstić information content (AvgIpc) is 4.01. The molecule has 2 fully saturated rings. The van der Waals surface area contributed by atoms with Crippen LogP contribution in [0.2, 0.25) is 0 Å². The molecule has 0 saturated heterocycles. The largest absolute Gasteiger partial charge is 0.480 e. The summed E-state index contributed by atoms with van der Waals surface area (Å²) in [5.74, 6) is 1.15. The molecule has 4 aromatic heterocycles. The molecule has 2 saturated carbocycles. The van der Waals surface area contributed by atoms with E-state index in [9.17, 15) is 18.0 Å². The Bertz CT molecular complexity index is 2080. The van der Waals surface area contributed by atoms with Crippen molar-refractivity contribution in [2.24, 2.45) is 5.73 Å². The quantitative estimate of drug-likeness (QED) is 0.235. The number of fused-ring (bicyclic) bond motifs is 1. The summed E-state index contributed by atoms with van der Waals surface area (Å²) in [4.78, 5) is 36.1. The Balaban J connectivity index is 1.33. The second-order valence-electron chi connectivity index (χ2n) is 11.4. The van der Waals surface area contributed by atoms with Crippen molar-refractivity contribution in [1.29, 1.82) is 0 Å². The van der Waals surface area contributed by atoms with Gasteiger partial charge in [0.15, 0.2) is 17.7 Å². The van der Waals surface area contributed by atoms with Crippen LogP contribution in [0, 0.1) is 0 Å². The van der Waals surface area contributed by atoms with Crippen molar-refractivity contribution in [3.8, 4) is 28.7 Å². The van der Waals surface area contributed by atoms with Crippen LogP contribution in [0.4, 0.5) is 13.2 Å². The summed E-state index contributed by atoms with van der Waals surface area (Å²) in [5.41, 5.74) is 8.03. The number of ether oxygens (including phenoxy) is 1. The molecule has 4 heterocycles. The van der Waals surface area contributed by atoms with Gasteiger partial charge in [-0.1, -0.05) is 24.3 Å². The lowest BCUT2D eigenvalue weighted by Gasteiger charge is -2.15. The number of halogens is 3. The lowest BCUT2D eigenvalue weighted by molar-refractivity contribution is -0.140. The first-order chi connectivity index (χ1) is 22.2. The van der Waals surface area contributed by atoms with E-state index >= 15 is 0 Å². The SMILES string of the molecule is COc1ncnc(C2CC2)c1-c1ncc2cc(/C(C=[NH2+])=C/N)c(=O)n(Cc3ccc(-c4nc(C(F)(F)F)cn4C4CC4)cc3)c2n1. The number of hydrogen-bond acceptors (Lipinski definition) is 8. The number of pyridine rings is 1. The zero-order chi connectivity index (χ0) is 32.2. The zero-order valence-electron chi connectivity index (χ0n) is 24.7. The van der Waals surface area contributed by atoms with Gasteiger partial charge in [0, 0.05) is 41.5 Å². The molecule has 11 nitrogen and oxygen atoms in total. The van der Waals surface area contributed by atoms with E-state index in [2.05, 4.69) is 19.9 Å². The Kier molecular flexibility index (Phi) is 7.13. The molecule has 234 valence electrons. The third-order valence-corrected chi connectivity index (χ3v) is 8.24. The van der Waals surface area contributed by atoms with Crippen LogP contribution in [0.3, 0.4) is 0 Å². The molecule has 0 aliphatic heterocycles. The molecule has 0 amide bonds. The zero-order valence-corrected chi connectivity index (χ0v) is 24.7. The van der Waals surface area contributed by atoms with E-state index in [1.807, 2.05) is 0 Å². The number of alkyl halides is 3. The normalized spacial score (nSPS) is 15.3. The lowest BCUT2D eigenvalue weighted by Crippen LogP contribution is -2.33. The predicted molar refractivity (Wildman–Crippen MR) is 164 cm³/mol. The predicted octanol–water partition coefficient (Wildman–Crippen LogP) is 3.53. The fourth-order valence-electron chi connectivity index (χ4n) is 5.60. The van der Waals surface area contributed by atoms with Crippen LogP contribution in [-0.4, -0.2) is 47.4 Å². The summed E-state index contributed by atoms with van der Waals surface area (Å²) in [6.45, 7) is 0.0884. The molecular weight excluding hydrogens is 599 g/mol. The second kappa shape index (κ2) is 11.2. The first-order valence-electron chi connectivity index (χ1n) is 14.7. The number of nitrogens with two attached hydrogens (primary N) is 2. The van der Waals surface area contributed by atoms with E-state index in [1.165, 1.54) is 30.4 Å². The van der Waals surface area contributed by atoms with Crippen molar-refractivity contribution >= 4 is 22.8 Å². The van der Waals surface area contributed by atoms with Crippen molar-refractivity contribution < 1.29 is 23.3 Å². The Morgan fingerprint density at radius 1 is 1.11 bits per heavy atom. The number of aromatic nitrogens is 7. The Morgan fingerprint density at radius 2 is 1.87 bits per heavy atom. The maximum atomic E-state index is 14.0. The number of hydrogen-bond donors (Lipinski definition) is 2. The van der Waals surface area contributed by atoms with E-state index in [4.69, 9.17) is 20.9 Å². The molecule has 0 bridgehead atoms. The van der Waals surface area contributed by atoms with Crippen molar-refractivity contribution in [1.82, 2.24) is 34.1 Å². The molecule has 0 spiro atoms. The molecule has 4 N–H and O–H groups in total. The molecule has 0 unspecified atom stereocenters. The van der Waals surface area contributed by atoms with Gasteiger partial charge in [-0.15, -0.1) is 0 Å². The molecule has 2 aliphatic carbocycles. The number of nitrogens with zero attached hydrogens (tertiary/aromatic N) is 7. The van der Waals surface area contributed by atoms with Gasteiger partial charge in [0.25, 0.3) is 5.56 Å². The van der Waals surface area contributed by atoms with Gasteiger partial charge < -0.3 is 15.0 Å². The van der Waals surface area contributed by atoms with Gasteiger partial charge >= 0.3 is 6.18 Å². The number of methoxy groups -OCH3 is 1. The van der Waals surface area contributed by atoms with E-state index in [0.29, 0.717) is 45.0 Å². The minimum atomic E-state index is -4.55. The van der Waals surface area contributed by atoms with E-state index in [-0.39, 0.29) is 29.9 Å². The van der Waals surface area contributed by atoms with Gasteiger partial charge in [-0.05, 0) is 37.3 Å². The number of imidazole rings is 1. The van der Waals surface area contributed by atoms with Crippen molar-refractivity contribution in [2.75, 3.05) is 7.11 Å². The highest BCUT2D eigenvalue weighted by atomic mass is 19.4. The molecule has 2 aliphatic rings. The van der Waals surface area contributed by atoms with Crippen LogP contribution >= 0.6 is 0 Å². The molecule has 0 atom stereocenters. The first-order valence-corrected chi connectivity index (χ1v) is 14.7. The maximum absolute atomic E-state index is 14.0. The van der Waals surface area contributed by atoms with Crippen LogP contribution in [-0.2, 0) is 12.7 Å². The van der Waals surface area contributed by atoms with Gasteiger partial charge in [0.2, 0.25) is 5.88 Å². The summed E-state index contributed by atoms with van der Waals surface area (Å²) in [7, 11) is 1.51. The summed E-state index contributed by atoms with van der Waals surface area (Å²) in [6, 6.07) is 8.57. The fraction of sp³-hybridized carbons (Fsp3) is 0.281. The monoisotopic (exact) mass is 628 g/mol. The smallest absolute Gasteiger partial charge is 0.434 e. The van der Waals surface area contributed by atoms with Crippen molar-refractivity contribution in [3.63, 3.8) is 0 Å². The number of benzene rings is 1. The van der Waals surface area contributed by atoms with Gasteiger partial charge in [0.1, 0.15) is 23.4 Å². The van der Waals surface area contributed by atoms with Gasteiger partial charge in [-0.3, -0.25) is 14.8 Å². The highest BCUT2D eigenvalue weighted by Crippen LogP contribution is 2.45. The van der Waals surface area contributed by atoms with Gasteiger partial charge in [0.05, 0.1) is 30.5 Å². The summed E-state index contributed by atoms with van der Waals surface area (Å²) >= 11 is 0. The van der Waals surface area contributed by atoms with Crippen molar-refractivity contribution in [2.45, 2.75) is 50.4 Å². The minimum Gasteiger partial charge on any atom is -0.480 e. The third-order valence-electron chi connectivity index (χ3n) is 8.24. The molecule has 5 aromatic rings. The second-order valence-corrected chi connectivity index (χ2v) is 11.4. The summed E-state index contributed by atoms with van der Waals surface area (Å²) < 4.78 is 49.1. The Labute approximate surface area is 260 Å². The molecule has 46 heavy (non-hydrogen) atoms. The van der Waals surface area contributed by atoms with Crippen LogP contribution in [0.15, 0.2) is 60.0 Å². The highest BCUT2D eigenvalue weighted by molar-refractivity contribution is 6.07. The van der Waals surface area contributed by atoms with Gasteiger partial charge in [-0.2, -0.15) is 13.2 Å². The number of rotatable bonds is 9. The van der Waals surface area contributed by atoms with E-state index < -0.39 is 17.4 Å². The summed E-state index contributed by atoms with van der Waals surface area (Å²) in [6.07, 6.45) is 5.67. The molecule has 0 radical (unpaired) electrons. The Morgan fingerprint density at radius 3 is 2.50 bits per heavy atom. The van der Waals surface area contributed by atoms with Crippen LogP contribution in [0.5, 0.6) is 5.88 Å². The van der Waals surface area contributed by atoms with E-state index in [1.54, 1.807) is 41.1 Å². The molecular formula is C32H29F3N9O2+. The Hall–Kier alpha value is -5.40. The lowest BCUT2D eigenvalue weighted by atomic mass is 10.1. The molecule has 1 aromatic carbocycles. The average molecular weight is 629 g/mol. The minimum absolute atomic E-state index is 0.00180. The van der Waals surface area contributed by atoms with Crippen LogP contribution in [0.1, 0.15) is 60.2 Å². The number of allylic oxidation sites excluding steroid dienone is 1. The highest BCUT2D eigenvalue weighted by Gasteiger charge is 2.37.